The fourth-order valence-electron chi connectivity index (χ4n) is 3.33. The predicted molar refractivity (Wildman–Crippen MR) is 122 cm³/mol. The summed E-state index contributed by atoms with van der Waals surface area (Å²) in [7, 11) is 0. The Kier molecular flexibility index (Phi) is 7.27. The molecule has 0 fully saturated rings. The van der Waals surface area contributed by atoms with Gasteiger partial charge in [-0.2, -0.15) is 0 Å². The normalized spacial score (nSPS) is 14.0. The Morgan fingerprint density at radius 3 is 2.44 bits per heavy atom. The largest absolute Gasteiger partial charge is 0.379 e. The van der Waals surface area contributed by atoms with Gasteiger partial charge in [0, 0.05) is 36.0 Å². The molecule has 0 atom stereocenters. The zero-order valence-electron chi connectivity index (χ0n) is 18.1. The third-order valence-electron chi connectivity index (χ3n) is 5.04. The molecule has 32 heavy (non-hydrogen) atoms. The van der Waals surface area contributed by atoms with Crippen LogP contribution < -0.4 is 5.32 Å². The first-order valence-corrected chi connectivity index (χ1v) is 10.6. The summed E-state index contributed by atoms with van der Waals surface area (Å²) in [5.41, 5.74) is 1.91. The van der Waals surface area contributed by atoms with Gasteiger partial charge >= 0.3 is 0 Å². The van der Waals surface area contributed by atoms with Gasteiger partial charge in [-0.05, 0) is 62.6 Å². The van der Waals surface area contributed by atoms with Crippen LogP contribution in [0.4, 0.5) is 11.4 Å². The van der Waals surface area contributed by atoms with E-state index in [0.29, 0.717) is 29.3 Å². The van der Waals surface area contributed by atoms with Gasteiger partial charge in [0.15, 0.2) is 0 Å². The number of imide groups is 1. The Balaban J connectivity index is 1.96. The molecule has 8 nitrogen and oxygen atoms in total. The van der Waals surface area contributed by atoms with E-state index in [9.17, 15) is 19.7 Å². The van der Waals surface area contributed by atoms with Crippen LogP contribution in [0.1, 0.15) is 31.4 Å². The number of nitro groups is 1. The Morgan fingerprint density at radius 1 is 1.12 bits per heavy atom. The fraction of sp³-hybridized carbons (Fsp3) is 0.304. The van der Waals surface area contributed by atoms with E-state index >= 15 is 0 Å². The van der Waals surface area contributed by atoms with Crippen molar-refractivity contribution in [2.75, 3.05) is 18.5 Å². The minimum atomic E-state index is -0.519. The SMILES string of the molecule is Cc1c(Cl)cccc1NC1=C(c2ccc([N+](=O)[O-])cc2)C(=O)N(CCCOC(C)C)C1=O. The summed E-state index contributed by atoms with van der Waals surface area (Å²) >= 11 is 6.21. The summed E-state index contributed by atoms with van der Waals surface area (Å²) in [5.74, 6) is -0.928. The Bertz CT molecular complexity index is 1080. The average molecular weight is 458 g/mol. The van der Waals surface area contributed by atoms with Crippen LogP contribution in [0, 0.1) is 17.0 Å². The summed E-state index contributed by atoms with van der Waals surface area (Å²) in [5, 5.41) is 14.6. The van der Waals surface area contributed by atoms with Gasteiger partial charge in [-0.3, -0.25) is 24.6 Å². The highest BCUT2D eigenvalue weighted by Crippen LogP contribution is 2.33. The van der Waals surface area contributed by atoms with Crippen LogP contribution in [-0.2, 0) is 14.3 Å². The number of anilines is 1. The van der Waals surface area contributed by atoms with E-state index in [4.69, 9.17) is 16.3 Å². The first kappa shape index (κ1) is 23.4. The maximum absolute atomic E-state index is 13.2. The van der Waals surface area contributed by atoms with E-state index in [-0.39, 0.29) is 29.6 Å². The van der Waals surface area contributed by atoms with Crippen molar-refractivity contribution < 1.29 is 19.2 Å². The fourth-order valence-corrected chi connectivity index (χ4v) is 3.51. The van der Waals surface area contributed by atoms with Gasteiger partial charge in [-0.15, -0.1) is 0 Å². The summed E-state index contributed by atoms with van der Waals surface area (Å²) in [6.07, 6.45) is 0.545. The number of non-ortho nitro benzene ring substituents is 1. The second kappa shape index (κ2) is 9.93. The lowest BCUT2D eigenvalue weighted by molar-refractivity contribution is -0.384. The molecular formula is C23H24ClN3O5. The summed E-state index contributed by atoms with van der Waals surface area (Å²) in [4.78, 5) is 38.1. The molecule has 1 N–H and O–H groups in total. The van der Waals surface area contributed by atoms with Crippen LogP contribution in [0.25, 0.3) is 5.57 Å². The van der Waals surface area contributed by atoms with Crippen molar-refractivity contribution in [3.8, 4) is 0 Å². The van der Waals surface area contributed by atoms with Gasteiger partial charge in [-0.1, -0.05) is 17.7 Å². The molecule has 168 valence electrons. The molecule has 0 spiro atoms. The lowest BCUT2D eigenvalue weighted by Crippen LogP contribution is -2.34. The monoisotopic (exact) mass is 457 g/mol. The topological polar surface area (TPSA) is 102 Å². The Labute approximate surface area is 191 Å². The van der Waals surface area contributed by atoms with Crippen LogP contribution >= 0.6 is 11.6 Å². The minimum absolute atomic E-state index is 0.0526. The molecule has 1 heterocycles. The van der Waals surface area contributed by atoms with Gasteiger partial charge in [0.25, 0.3) is 17.5 Å². The zero-order valence-corrected chi connectivity index (χ0v) is 18.8. The maximum atomic E-state index is 13.2. The molecule has 1 aliphatic rings. The molecule has 2 aromatic rings. The molecule has 9 heteroatoms. The lowest BCUT2D eigenvalue weighted by Gasteiger charge is -2.16. The number of nitrogens with zero attached hydrogens (tertiary/aromatic N) is 2. The van der Waals surface area contributed by atoms with Crippen molar-refractivity contribution in [1.82, 2.24) is 4.90 Å². The number of carbonyl (C=O) groups excluding carboxylic acids is 2. The van der Waals surface area contributed by atoms with E-state index in [1.54, 1.807) is 25.1 Å². The van der Waals surface area contributed by atoms with Crippen LogP contribution in [-0.4, -0.2) is 40.9 Å². The second-order valence-corrected chi connectivity index (χ2v) is 8.03. The van der Waals surface area contributed by atoms with Crippen LogP contribution in [0.2, 0.25) is 5.02 Å². The highest BCUT2D eigenvalue weighted by Gasteiger charge is 2.39. The van der Waals surface area contributed by atoms with Crippen molar-refractivity contribution in [2.24, 2.45) is 0 Å². The molecule has 0 radical (unpaired) electrons. The first-order valence-electron chi connectivity index (χ1n) is 10.2. The van der Waals surface area contributed by atoms with Crippen molar-refractivity contribution in [2.45, 2.75) is 33.3 Å². The number of amides is 2. The molecule has 0 bridgehead atoms. The van der Waals surface area contributed by atoms with Crippen LogP contribution in [0.15, 0.2) is 48.2 Å². The van der Waals surface area contributed by atoms with E-state index in [2.05, 4.69) is 5.32 Å². The number of nitro benzene ring substituents is 1. The molecule has 2 amide bonds. The second-order valence-electron chi connectivity index (χ2n) is 7.63. The van der Waals surface area contributed by atoms with Crippen molar-refractivity contribution in [1.29, 1.82) is 0 Å². The summed E-state index contributed by atoms with van der Waals surface area (Å²) < 4.78 is 5.51. The first-order chi connectivity index (χ1) is 15.2. The number of hydrogen-bond acceptors (Lipinski definition) is 6. The third-order valence-corrected chi connectivity index (χ3v) is 5.45. The van der Waals surface area contributed by atoms with Gasteiger partial charge in [0.1, 0.15) is 5.70 Å². The van der Waals surface area contributed by atoms with E-state index in [0.717, 1.165) is 5.56 Å². The van der Waals surface area contributed by atoms with E-state index in [1.807, 2.05) is 13.8 Å². The Morgan fingerprint density at radius 2 is 1.81 bits per heavy atom. The number of nitrogens with one attached hydrogen (secondary N) is 1. The smallest absolute Gasteiger partial charge is 0.278 e. The molecule has 1 aliphatic heterocycles. The number of carbonyl (C=O) groups is 2. The number of hydrogen-bond donors (Lipinski definition) is 1. The number of ether oxygens (including phenoxy) is 1. The third kappa shape index (κ3) is 4.98. The molecule has 0 unspecified atom stereocenters. The summed E-state index contributed by atoms with van der Waals surface area (Å²) in [6.45, 7) is 6.24. The highest BCUT2D eigenvalue weighted by molar-refractivity contribution is 6.36. The zero-order chi connectivity index (χ0) is 23.4. The molecule has 3 rings (SSSR count). The van der Waals surface area contributed by atoms with E-state index < -0.39 is 16.7 Å². The molecule has 0 saturated heterocycles. The van der Waals surface area contributed by atoms with Crippen molar-refractivity contribution in [3.63, 3.8) is 0 Å². The Hall–Kier alpha value is -3.23. The predicted octanol–water partition coefficient (Wildman–Crippen LogP) is 4.56. The number of benzene rings is 2. The lowest BCUT2D eigenvalue weighted by atomic mass is 10.0. The van der Waals surface area contributed by atoms with Crippen molar-refractivity contribution in [3.05, 3.63) is 74.4 Å². The van der Waals surface area contributed by atoms with Gasteiger partial charge in [-0.25, -0.2) is 0 Å². The standard InChI is InChI=1S/C23H24ClN3O5/c1-14(2)32-13-5-12-26-22(28)20(16-8-10-17(11-9-16)27(30)31)21(23(26)29)25-19-7-4-6-18(24)15(19)3/h4,6-11,14,25H,5,12-13H2,1-3H3. The molecule has 0 aliphatic carbocycles. The quantitative estimate of drug-likeness (QED) is 0.256. The van der Waals surface area contributed by atoms with E-state index in [1.165, 1.54) is 29.2 Å². The molecule has 2 aromatic carbocycles. The van der Waals surface area contributed by atoms with Crippen LogP contribution in [0.5, 0.6) is 0 Å². The average Bonchev–Trinajstić information content (AvgIpc) is 2.98. The van der Waals surface area contributed by atoms with Crippen molar-refractivity contribution >= 4 is 40.4 Å². The van der Waals surface area contributed by atoms with Gasteiger partial charge in [0.2, 0.25) is 0 Å². The highest BCUT2D eigenvalue weighted by atomic mass is 35.5. The number of halogens is 1. The molecule has 0 saturated carbocycles. The molecule has 0 aromatic heterocycles. The molecular weight excluding hydrogens is 434 g/mol. The van der Waals surface area contributed by atoms with Crippen LogP contribution in [0.3, 0.4) is 0 Å². The maximum Gasteiger partial charge on any atom is 0.278 e. The summed E-state index contributed by atoms with van der Waals surface area (Å²) in [6, 6.07) is 10.8. The minimum Gasteiger partial charge on any atom is -0.379 e. The van der Waals surface area contributed by atoms with Gasteiger partial charge < -0.3 is 10.1 Å². The number of rotatable bonds is 9. The van der Waals surface area contributed by atoms with Gasteiger partial charge in [0.05, 0.1) is 16.6 Å².